The van der Waals surface area contributed by atoms with Crippen molar-refractivity contribution in [3.63, 3.8) is 0 Å². The number of nitrogens with one attached hydrogen (secondary N) is 1. The molecule has 0 atom stereocenters. The van der Waals surface area contributed by atoms with Crippen LogP contribution in [0.2, 0.25) is 0 Å². The summed E-state index contributed by atoms with van der Waals surface area (Å²) < 4.78 is 26.9. The van der Waals surface area contributed by atoms with Crippen molar-refractivity contribution in [3.05, 3.63) is 23.8 Å². The lowest BCUT2D eigenvalue weighted by Crippen LogP contribution is -2.35. The predicted molar refractivity (Wildman–Crippen MR) is 70.2 cm³/mol. The Balaban J connectivity index is 2.94. The molecule has 1 heterocycles. The maximum absolute atomic E-state index is 11.6. The van der Waals surface area contributed by atoms with Crippen molar-refractivity contribution < 1.29 is 8.42 Å². The van der Waals surface area contributed by atoms with Crippen LogP contribution in [0.3, 0.4) is 0 Å². The van der Waals surface area contributed by atoms with Gasteiger partial charge in [-0.05, 0) is 0 Å². The van der Waals surface area contributed by atoms with E-state index < -0.39 is 10.2 Å². The quantitative estimate of drug-likeness (QED) is 0.874. The second kappa shape index (κ2) is 5.29. The number of rotatable bonds is 4. The summed E-state index contributed by atoms with van der Waals surface area (Å²) in [5.41, 5.74) is 1.48. The first kappa shape index (κ1) is 15.0. The molecule has 0 radical (unpaired) electrons. The molecule has 18 heavy (non-hydrogen) atoms. The molecular weight excluding hydrogens is 252 g/mol. The SMILES string of the molecule is CN(C)S(=O)(=O)NCc1cncnc1C(C)(C)C. The average Bonchev–Trinajstić information content (AvgIpc) is 2.25. The molecular formula is C11H20N4O2S. The Morgan fingerprint density at radius 1 is 1.33 bits per heavy atom. The van der Waals surface area contributed by atoms with E-state index in [0.29, 0.717) is 0 Å². The van der Waals surface area contributed by atoms with Crippen LogP contribution in [0.1, 0.15) is 32.0 Å². The standard InChI is InChI=1S/C11H20N4O2S/c1-11(2,3)10-9(6-12-8-13-10)7-14-18(16,17)15(4)5/h6,8,14H,7H2,1-5H3. The van der Waals surface area contributed by atoms with E-state index in [0.717, 1.165) is 15.6 Å². The molecule has 1 N–H and O–H groups in total. The molecule has 0 aliphatic heterocycles. The molecule has 0 bridgehead atoms. The van der Waals surface area contributed by atoms with Gasteiger partial charge in [0, 0.05) is 37.8 Å². The minimum Gasteiger partial charge on any atom is -0.244 e. The lowest BCUT2D eigenvalue weighted by Gasteiger charge is -2.21. The van der Waals surface area contributed by atoms with Gasteiger partial charge in [0.25, 0.3) is 10.2 Å². The monoisotopic (exact) mass is 272 g/mol. The molecule has 0 aliphatic rings. The van der Waals surface area contributed by atoms with Gasteiger partial charge in [0.2, 0.25) is 0 Å². The van der Waals surface area contributed by atoms with Crippen molar-refractivity contribution >= 4 is 10.2 Å². The van der Waals surface area contributed by atoms with Gasteiger partial charge in [-0.3, -0.25) is 0 Å². The third-order valence-corrected chi connectivity index (χ3v) is 3.89. The molecule has 6 nitrogen and oxygen atoms in total. The van der Waals surface area contributed by atoms with Gasteiger partial charge in [0.15, 0.2) is 0 Å². The van der Waals surface area contributed by atoms with Crippen LogP contribution in [-0.2, 0) is 22.2 Å². The highest BCUT2D eigenvalue weighted by Crippen LogP contribution is 2.22. The Bertz CT molecular complexity index is 506. The fourth-order valence-corrected chi connectivity index (χ4v) is 2.06. The molecule has 0 amide bonds. The van der Waals surface area contributed by atoms with E-state index in [2.05, 4.69) is 14.7 Å². The van der Waals surface area contributed by atoms with Crippen LogP contribution < -0.4 is 4.72 Å². The van der Waals surface area contributed by atoms with Gasteiger partial charge in [-0.1, -0.05) is 20.8 Å². The number of hydrogen-bond donors (Lipinski definition) is 1. The molecule has 0 fully saturated rings. The van der Waals surface area contributed by atoms with E-state index in [1.165, 1.54) is 20.4 Å². The highest BCUT2D eigenvalue weighted by molar-refractivity contribution is 7.87. The van der Waals surface area contributed by atoms with Crippen LogP contribution >= 0.6 is 0 Å². The summed E-state index contributed by atoms with van der Waals surface area (Å²) in [4.78, 5) is 8.18. The Hall–Kier alpha value is -1.05. The van der Waals surface area contributed by atoms with Gasteiger partial charge in [-0.2, -0.15) is 17.4 Å². The van der Waals surface area contributed by atoms with Crippen LogP contribution in [0.4, 0.5) is 0 Å². The minimum absolute atomic E-state index is 0.151. The fraction of sp³-hybridized carbons (Fsp3) is 0.636. The summed E-state index contributed by atoms with van der Waals surface area (Å²) in [5, 5.41) is 0. The molecule has 0 spiro atoms. The van der Waals surface area contributed by atoms with Gasteiger partial charge in [-0.15, -0.1) is 0 Å². The van der Waals surface area contributed by atoms with Crippen LogP contribution in [-0.4, -0.2) is 36.8 Å². The average molecular weight is 272 g/mol. The summed E-state index contributed by atoms with van der Waals surface area (Å²) in [6, 6.07) is 0. The lowest BCUT2D eigenvalue weighted by molar-refractivity contribution is 0.502. The van der Waals surface area contributed by atoms with Gasteiger partial charge in [0.05, 0.1) is 5.69 Å². The molecule has 1 aromatic rings. The van der Waals surface area contributed by atoms with Crippen LogP contribution in [0.15, 0.2) is 12.5 Å². The van der Waals surface area contributed by atoms with E-state index in [-0.39, 0.29) is 12.0 Å². The first-order valence-electron chi connectivity index (χ1n) is 5.61. The molecule has 0 saturated carbocycles. The summed E-state index contributed by atoms with van der Waals surface area (Å²) >= 11 is 0. The molecule has 0 aliphatic carbocycles. The molecule has 0 saturated heterocycles. The third kappa shape index (κ3) is 3.72. The minimum atomic E-state index is -3.43. The van der Waals surface area contributed by atoms with Crippen molar-refractivity contribution in [2.45, 2.75) is 32.7 Å². The second-order valence-corrected chi connectivity index (χ2v) is 7.22. The largest absolute Gasteiger partial charge is 0.279 e. The van der Waals surface area contributed by atoms with Crippen molar-refractivity contribution in [1.29, 1.82) is 0 Å². The molecule has 1 rings (SSSR count). The first-order chi connectivity index (χ1) is 8.14. The summed E-state index contributed by atoms with van der Waals surface area (Å²) in [7, 11) is -0.470. The van der Waals surface area contributed by atoms with Crippen molar-refractivity contribution in [2.75, 3.05) is 14.1 Å². The smallest absolute Gasteiger partial charge is 0.244 e. The molecule has 102 valence electrons. The summed E-state index contributed by atoms with van der Waals surface area (Å²) in [5.74, 6) is 0. The summed E-state index contributed by atoms with van der Waals surface area (Å²) in [6.07, 6.45) is 3.12. The Labute approximate surface area is 109 Å². The first-order valence-corrected chi connectivity index (χ1v) is 7.05. The third-order valence-electron chi connectivity index (χ3n) is 2.42. The van der Waals surface area contributed by atoms with Gasteiger partial charge in [-0.25, -0.2) is 9.97 Å². The van der Waals surface area contributed by atoms with E-state index >= 15 is 0 Å². The van der Waals surface area contributed by atoms with E-state index in [9.17, 15) is 8.42 Å². The van der Waals surface area contributed by atoms with E-state index in [1.54, 1.807) is 6.20 Å². The maximum atomic E-state index is 11.6. The second-order valence-electron chi connectivity index (χ2n) is 5.26. The number of nitrogens with zero attached hydrogens (tertiary/aromatic N) is 3. The van der Waals surface area contributed by atoms with Gasteiger partial charge in [0.1, 0.15) is 6.33 Å². The zero-order valence-corrected chi connectivity index (χ0v) is 12.2. The van der Waals surface area contributed by atoms with Crippen molar-refractivity contribution in [1.82, 2.24) is 19.0 Å². The fourth-order valence-electron chi connectivity index (χ4n) is 1.46. The normalized spacial score (nSPS) is 13.0. The Kier molecular flexibility index (Phi) is 4.41. The molecule has 7 heteroatoms. The van der Waals surface area contributed by atoms with E-state index in [4.69, 9.17) is 0 Å². The Morgan fingerprint density at radius 3 is 2.44 bits per heavy atom. The predicted octanol–water partition coefficient (Wildman–Crippen LogP) is 0.670. The number of hydrogen-bond acceptors (Lipinski definition) is 4. The topological polar surface area (TPSA) is 75.2 Å². The van der Waals surface area contributed by atoms with Crippen LogP contribution in [0, 0.1) is 0 Å². The zero-order chi connectivity index (χ0) is 14.0. The molecule has 0 unspecified atom stereocenters. The van der Waals surface area contributed by atoms with Crippen molar-refractivity contribution in [2.24, 2.45) is 0 Å². The van der Waals surface area contributed by atoms with Gasteiger partial charge < -0.3 is 0 Å². The Morgan fingerprint density at radius 2 is 1.94 bits per heavy atom. The van der Waals surface area contributed by atoms with Crippen LogP contribution in [0.25, 0.3) is 0 Å². The highest BCUT2D eigenvalue weighted by atomic mass is 32.2. The van der Waals surface area contributed by atoms with Gasteiger partial charge >= 0.3 is 0 Å². The van der Waals surface area contributed by atoms with E-state index in [1.807, 2.05) is 20.8 Å². The molecule has 0 aromatic carbocycles. The lowest BCUT2D eigenvalue weighted by atomic mass is 9.89. The maximum Gasteiger partial charge on any atom is 0.279 e. The van der Waals surface area contributed by atoms with Crippen LogP contribution in [0.5, 0.6) is 0 Å². The molecule has 1 aromatic heterocycles. The zero-order valence-electron chi connectivity index (χ0n) is 11.4. The highest BCUT2D eigenvalue weighted by Gasteiger charge is 2.21. The summed E-state index contributed by atoms with van der Waals surface area (Å²) in [6.45, 7) is 6.27. The van der Waals surface area contributed by atoms with Crippen molar-refractivity contribution in [3.8, 4) is 0 Å². The number of aromatic nitrogens is 2.